The second kappa shape index (κ2) is 9.86. The summed E-state index contributed by atoms with van der Waals surface area (Å²) in [7, 11) is 0. The minimum Gasteiger partial charge on any atom is -0.379 e. The number of piperidine rings is 2. The van der Waals surface area contributed by atoms with E-state index in [2.05, 4.69) is 45.0 Å². The average molecular weight is 386 g/mol. The molecule has 3 aliphatic heterocycles. The molecule has 3 saturated heterocycles. The summed E-state index contributed by atoms with van der Waals surface area (Å²) in [4.78, 5) is 20.5. The Bertz CT molecular complexity index is 612. The van der Waals surface area contributed by atoms with Gasteiger partial charge in [0.25, 0.3) is 0 Å². The number of hydrogen-bond acceptors (Lipinski definition) is 4. The van der Waals surface area contributed by atoms with Crippen molar-refractivity contribution >= 4 is 5.91 Å². The average Bonchev–Trinajstić information content (AvgIpc) is 2.75. The number of carbonyl (C=O) groups excluding carboxylic acids is 1. The monoisotopic (exact) mass is 385 g/mol. The molecule has 0 aromatic heterocycles. The van der Waals surface area contributed by atoms with Gasteiger partial charge in [-0.15, -0.1) is 0 Å². The van der Waals surface area contributed by atoms with E-state index in [0.717, 1.165) is 72.0 Å². The quantitative estimate of drug-likeness (QED) is 0.780. The summed E-state index contributed by atoms with van der Waals surface area (Å²) >= 11 is 0. The molecule has 1 aromatic rings. The number of likely N-dealkylation sites (tertiary alicyclic amines) is 2. The van der Waals surface area contributed by atoms with E-state index in [1.807, 2.05) is 0 Å². The maximum absolute atomic E-state index is 13.3. The highest BCUT2D eigenvalue weighted by Crippen LogP contribution is 2.27. The number of hydrogen-bond donors (Lipinski definition) is 0. The van der Waals surface area contributed by atoms with Crippen LogP contribution in [0.3, 0.4) is 0 Å². The smallest absolute Gasteiger partial charge is 0.226 e. The molecular formula is C23H35N3O2. The number of morpholine rings is 1. The predicted octanol–water partition coefficient (Wildman–Crippen LogP) is 2.47. The minimum absolute atomic E-state index is 0.154. The van der Waals surface area contributed by atoms with Crippen LogP contribution in [-0.2, 0) is 16.1 Å². The van der Waals surface area contributed by atoms with Crippen LogP contribution in [0.2, 0.25) is 0 Å². The third-order valence-corrected chi connectivity index (χ3v) is 6.50. The fraction of sp³-hybridized carbons (Fsp3) is 0.696. The fourth-order valence-corrected chi connectivity index (χ4v) is 5.11. The number of nitrogens with zero attached hydrogens (tertiary/aromatic N) is 3. The lowest BCUT2D eigenvalue weighted by Gasteiger charge is -2.41. The lowest BCUT2D eigenvalue weighted by atomic mass is 9.87. The van der Waals surface area contributed by atoms with Crippen LogP contribution in [0.4, 0.5) is 0 Å². The van der Waals surface area contributed by atoms with Crippen LogP contribution in [0.15, 0.2) is 30.3 Å². The van der Waals surface area contributed by atoms with E-state index in [0.29, 0.717) is 11.8 Å². The van der Waals surface area contributed by atoms with Crippen LogP contribution in [0.25, 0.3) is 0 Å². The molecule has 5 heteroatoms. The van der Waals surface area contributed by atoms with Crippen molar-refractivity contribution in [2.45, 2.75) is 32.2 Å². The Morgan fingerprint density at radius 3 is 2.43 bits per heavy atom. The van der Waals surface area contributed by atoms with Gasteiger partial charge in [0, 0.05) is 52.4 Å². The molecule has 3 aliphatic rings. The zero-order chi connectivity index (χ0) is 19.2. The molecule has 154 valence electrons. The number of carbonyl (C=O) groups is 1. The molecule has 0 aliphatic carbocycles. The lowest BCUT2D eigenvalue weighted by Crippen LogP contribution is -2.51. The molecule has 28 heavy (non-hydrogen) atoms. The van der Waals surface area contributed by atoms with Crippen LogP contribution in [-0.4, -0.2) is 79.6 Å². The third-order valence-electron chi connectivity index (χ3n) is 6.50. The van der Waals surface area contributed by atoms with Gasteiger partial charge in [0.05, 0.1) is 19.1 Å². The molecule has 5 nitrogen and oxygen atoms in total. The zero-order valence-corrected chi connectivity index (χ0v) is 17.1. The Morgan fingerprint density at radius 1 is 0.929 bits per heavy atom. The highest BCUT2D eigenvalue weighted by Gasteiger charge is 2.35. The molecule has 0 saturated carbocycles. The van der Waals surface area contributed by atoms with Gasteiger partial charge in [-0.1, -0.05) is 30.3 Å². The Kier molecular flexibility index (Phi) is 7.00. The van der Waals surface area contributed by atoms with Crippen LogP contribution in [0.1, 0.15) is 31.2 Å². The normalized spacial score (nSPS) is 27.6. The maximum Gasteiger partial charge on any atom is 0.226 e. The minimum atomic E-state index is 0.154. The van der Waals surface area contributed by atoms with Gasteiger partial charge in [-0.2, -0.15) is 0 Å². The van der Waals surface area contributed by atoms with E-state index < -0.39 is 0 Å². The van der Waals surface area contributed by atoms with E-state index in [1.54, 1.807) is 0 Å². The number of amides is 1. The van der Waals surface area contributed by atoms with Gasteiger partial charge in [-0.25, -0.2) is 0 Å². The molecule has 1 amide bonds. The number of rotatable bonds is 5. The standard InChI is InChI=1S/C23H35N3O2/c27-23(26-9-5-2-6-10-26)22-15-21(17-24-11-13-28-14-12-24)18-25(19-22)16-20-7-3-1-4-8-20/h1,3-4,7-8,21-22H,2,5-6,9-19H2/t21-,22-/m1/s1. The highest BCUT2D eigenvalue weighted by molar-refractivity contribution is 5.79. The molecule has 0 unspecified atom stereocenters. The molecule has 0 bridgehead atoms. The number of benzene rings is 1. The first-order valence-corrected chi connectivity index (χ1v) is 11.1. The van der Waals surface area contributed by atoms with Crippen molar-refractivity contribution in [2.24, 2.45) is 11.8 Å². The van der Waals surface area contributed by atoms with Gasteiger partial charge >= 0.3 is 0 Å². The van der Waals surface area contributed by atoms with Gasteiger partial charge in [-0.05, 0) is 37.2 Å². The Hall–Kier alpha value is -1.43. The first kappa shape index (κ1) is 19.9. The van der Waals surface area contributed by atoms with E-state index >= 15 is 0 Å². The van der Waals surface area contributed by atoms with Gasteiger partial charge in [0.2, 0.25) is 5.91 Å². The van der Waals surface area contributed by atoms with Crippen molar-refractivity contribution < 1.29 is 9.53 Å². The summed E-state index contributed by atoms with van der Waals surface area (Å²) in [6.45, 7) is 9.71. The van der Waals surface area contributed by atoms with E-state index in [4.69, 9.17) is 4.74 Å². The second-order valence-corrected chi connectivity index (χ2v) is 8.78. The SMILES string of the molecule is O=C([C@@H]1C[C@H](CN2CCOCC2)CN(Cc2ccccc2)C1)N1CCCCC1. The maximum atomic E-state index is 13.3. The molecule has 2 atom stereocenters. The molecule has 3 heterocycles. The van der Waals surface area contributed by atoms with Gasteiger partial charge in [-0.3, -0.25) is 14.6 Å². The van der Waals surface area contributed by atoms with Crippen molar-refractivity contribution in [1.29, 1.82) is 0 Å². The van der Waals surface area contributed by atoms with Crippen LogP contribution in [0.5, 0.6) is 0 Å². The molecule has 3 fully saturated rings. The first-order valence-electron chi connectivity index (χ1n) is 11.1. The molecule has 4 rings (SSSR count). The Balaban J connectivity index is 1.42. The molecular weight excluding hydrogens is 350 g/mol. The Morgan fingerprint density at radius 2 is 1.68 bits per heavy atom. The summed E-state index contributed by atoms with van der Waals surface area (Å²) in [6.07, 6.45) is 4.65. The topological polar surface area (TPSA) is 36.0 Å². The van der Waals surface area contributed by atoms with Crippen molar-refractivity contribution in [3.8, 4) is 0 Å². The third kappa shape index (κ3) is 5.34. The first-order chi connectivity index (χ1) is 13.8. The zero-order valence-electron chi connectivity index (χ0n) is 17.1. The van der Waals surface area contributed by atoms with Crippen molar-refractivity contribution in [3.63, 3.8) is 0 Å². The van der Waals surface area contributed by atoms with Crippen molar-refractivity contribution in [2.75, 3.05) is 59.0 Å². The largest absolute Gasteiger partial charge is 0.379 e. The predicted molar refractivity (Wildman–Crippen MR) is 111 cm³/mol. The van der Waals surface area contributed by atoms with Gasteiger partial charge < -0.3 is 9.64 Å². The van der Waals surface area contributed by atoms with E-state index in [9.17, 15) is 4.79 Å². The van der Waals surface area contributed by atoms with E-state index in [1.165, 1.54) is 24.8 Å². The summed E-state index contributed by atoms with van der Waals surface area (Å²) < 4.78 is 5.51. The van der Waals surface area contributed by atoms with E-state index in [-0.39, 0.29) is 5.92 Å². The molecule has 1 aromatic carbocycles. The lowest BCUT2D eigenvalue weighted by molar-refractivity contribution is -0.139. The fourth-order valence-electron chi connectivity index (χ4n) is 5.11. The van der Waals surface area contributed by atoms with Crippen molar-refractivity contribution in [1.82, 2.24) is 14.7 Å². The van der Waals surface area contributed by atoms with Gasteiger partial charge in [0.15, 0.2) is 0 Å². The summed E-state index contributed by atoms with van der Waals surface area (Å²) in [6, 6.07) is 10.7. The van der Waals surface area contributed by atoms with Crippen LogP contribution < -0.4 is 0 Å². The number of ether oxygens (including phenoxy) is 1. The van der Waals surface area contributed by atoms with Crippen LogP contribution in [0, 0.1) is 11.8 Å². The second-order valence-electron chi connectivity index (χ2n) is 8.78. The van der Waals surface area contributed by atoms with Crippen molar-refractivity contribution in [3.05, 3.63) is 35.9 Å². The summed E-state index contributed by atoms with van der Waals surface area (Å²) in [5, 5.41) is 0. The Labute approximate surface area is 169 Å². The molecule has 0 spiro atoms. The summed E-state index contributed by atoms with van der Waals surface area (Å²) in [5.74, 6) is 1.13. The molecule has 0 radical (unpaired) electrons. The van der Waals surface area contributed by atoms with Crippen LogP contribution >= 0.6 is 0 Å². The molecule has 0 N–H and O–H groups in total. The highest BCUT2D eigenvalue weighted by atomic mass is 16.5. The van der Waals surface area contributed by atoms with Gasteiger partial charge in [0.1, 0.15) is 0 Å². The summed E-state index contributed by atoms with van der Waals surface area (Å²) in [5.41, 5.74) is 1.35.